The molecule has 2 heterocycles. The molecule has 1 amide bonds. The Labute approximate surface area is 177 Å². The van der Waals surface area contributed by atoms with Gasteiger partial charge in [0.25, 0.3) is 5.91 Å². The number of para-hydroxylation sites is 1. The summed E-state index contributed by atoms with van der Waals surface area (Å²) in [7, 11) is 4.69. The van der Waals surface area contributed by atoms with Crippen molar-refractivity contribution in [3.8, 4) is 17.2 Å². The van der Waals surface area contributed by atoms with Crippen LogP contribution in [0.1, 0.15) is 16.1 Å². The topological polar surface area (TPSA) is 74.0 Å². The van der Waals surface area contributed by atoms with Gasteiger partial charge in [-0.25, -0.2) is 4.98 Å². The molecule has 0 atom stereocenters. The van der Waals surface area contributed by atoms with Crippen LogP contribution in [0.5, 0.6) is 17.2 Å². The van der Waals surface area contributed by atoms with E-state index in [-0.39, 0.29) is 12.5 Å². The van der Waals surface area contributed by atoms with Gasteiger partial charge in [-0.15, -0.1) is 0 Å². The van der Waals surface area contributed by atoms with Crippen LogP contribution in [0.2, 0.25) is 0 Å². The van der Waals surface area contributed by atoms with Crippen molar-refractivity contribution >= 4 is 32.6 Å². The van der Waals surface area contributed by atoms with Crippen molar-refractivity contribution in [2.45, 2.75) is 6.54 Å². The van der Waals surface area contributed by atoms with Gasteiger partial charge in [0.15, 0.2) is 16.6 Å². The van der Waals surface area contributed by atoms with Gasteiger partial charge >= 0.3 is 0 Å². The maximum Gasteiger partial charge on any atom is 0.260 e. The minimum absolute atomic E-state index is 0.231. The lowest BCUT2D eigenvalue weighted by molar-refractivity contribution is 0.0983. The van der Waals surface area contributed by atoms with E-state index in [0.29, 0.717) is 39.2 Å². The van der Waals surface area contributed by atoms with Gasteiger partial charge < -0.3 is 18.6 Å². The Kier molecular flexibility index (Phi) is 5.58. The second kappa shape index (κ2) is 8.46. The number of methoxy groups -OCH3 is 3. The van der Waals surface area contributed by atoms with E-state index in [1.165, 1.54) is 18.4 Å². The quantitative estimate of drug-likeness (QED) is 0.426. The number of carbonyl (C=O) groups excluding carboxylic acids is 1. The van der Waals surface area contributed by atoms with E-state index >= 15 is 0 Å². The minimum atomic E-state index is -0.231. The number of rotatable bonds is 7. The summed E-state index contributed by atoms with van der Waals surface area (Å²) in [5.74, 6) is 2.11. The number of nitrogens with zero attached hydrogens (tertiary/aromatic N) is 2. The van der Waals surface area contributed by atoms with Gasteiger partial charge in [-0.1, -0.05) is 17.4 Å². The highest BCUT2D eigenvalue weighted by Crippen LogP contribution is 2.36. The van der Waals surface area contributed by atoms with E-state index in [0.717, 1.165) is 4.70 Å². The lowest BCUT2D eigenvalue weighted by Gasteiger charge is -2.19. The number of aromatic nitrogens is 1. The van der Waals surface area contributed by atoms with Crippen molar-refractivity contribution in [1.29, 1.82) is 0 Å². The lowest BCUT2D eigenvalue weighted by Crippen LogP contribution is -2.30. The summed E-state index contributed by atoms with van der Waals surface area (Å²) in [5, 5.41) is 0.547. The number of fused-ring (bicyclic) bond motifs is 1. The monoisotopic (exact) mass is 424 g/mol. The second-order valence-electron chi connectivity index (χ2n) is 6.34. The first kappa shape index (κ1) is 19.8. The molecule has 0 saturated heterocycles. The molecule has 4 rings (SSSR count). The van der Waals surface area contributed by atoms with Gasteiger partial charge in [-0.05, 0) is 42.5 Å². The number of benzene rings is 2. The van der Waals surface area contributed by atoms with Gasteiger partial charge in [-0.2, -0.15) is 0 Å². The van der Waals surface area contributed by atoms with Crippen molar-refractivity contribution in [2.75, 3.05) is 26.2 Å². The molecule has 30 heavy (non-hydrogen) atoms. The van der Waals surface area contributed by atoms with Crippen LogP contribution in [0.15, 0.2) is 59.2 Å². The number of hydrogen-bond donors (Lipinski definition) is 0. The molecule has 2 aromatic heterocycles. The van der Waals surface area contributed by atoms with Crippen molar-refractivity contribution in [3.63, 3.8) is 0 Å². The fraction of sp³-hybridized carbons (Fsp3) is 0.182. The summed E-state index contributed by atoms with van der Waals surface area (Å²) < 4.78 is 22.5. The summed E-state index contributed by atoms with van der Waals surface area (Å²) in [4.78, 5) is 19.8. The zero-order valence-corrected chi connectivity index (χ0v) is 17.6. The molecule has 4 aromatic rings. The zero-order chi connectivity index (χ0) is 21.1. The van der Waals surface area contributed by atoms with Crippen molar-refractivity contribution in [2.24, 2.45) is 0 Å². The number of ether oxygens (including phenoxy) is 3. The first-order chi connectivity index (χ1) is 14.6. The SMILES string of the molecule is COc1ccc(C(=O)N(Cc2ccco2)c2nc3c(OC)cccc3s2)cc1OC. The maximum atomic E-state index is 13.5. The first-order valence-corrected chi connectivity index (χ1v) is 9.96. The van der Waals surface area contributed by atoms with E-state index < -0.39 is 0 Å². The van der Waals surface area contributed by atoms with E-state index in [2.05, 4.69) is 4.98 Å². The standard InChI is InChI=1S/C22H20N2O5S/c1-26-16-10-9-14(12-18(16)28-3)21(25)24(13-15-6-5-11-29-15)22-23-20-17(27-2)7-4-8-19(20)30-22/h4-12H,13H2,1-3H3. The van der Waals surface area contributed by atoms with E-state index in [9.17, 15) is 4.79 Å². The van der Waals surface area contributed by atoms with Gasteiger partial charge in [0.1, 0.15) is 17.0 Å². The number of thiazole rings is 1. The average Bonchev–Trinajstić information content (AvgIpc) is 3.45. The summed E-state index contributed by atoms with van der Waals surface area (Å²) in [5.41, 5.74) is 1.16. The van der Waals surface area contributed by atoms with Crippen molar-refractivity contribution < 1.29 is 23.4 Å². The smallest absolute Gasteiger partial charge is 0.260 e. The Morgan fingerprint density at radius 3 is 2.50 bits per heavy atom. The number of carbonyl (C=O) groups is 1. The summed E-state index contributed by atoms with van der Waals surface area (Å²) >= 11 is 1.41. The largest absolute Gasteiger partial charge is 0.494 e. The fourth-order valence-corrected chi connectivity index (χ4v) is 4.08. The van der Waals surface area contributed by atoms with Gasteiger partial charge in [0, 0.05) is 5.56 Å². The molecule has 0 aliphatic rings. The Hall–Kier alpha value is -3.52. The van der Waals surface area contributed by atoms with Crippen LogP contribution in [-0.4, -0.2) is 32.2 Å². The second-order valence-corrected chi connectivity index (χ2v) is 7.35. The minimum Gasteiger partial charge on any atom is -0.494 e. The number of furan rings is 1. The van der Waals surface area contributed by atoms with Crippen LogP contribution in [0.3, 0.4) is 0 Å². The highest BCUT2D eigenvalue weighted by Gasteiger charge is 2.24. The maximum absolute atomic E-state index is 13.5. The Morgan fingerprint density at radius 2 is 1.80 bits per heavy atom. The molecule has 0 spiro atoms. The molecule has 0 saturated carbocycles. The van der Waals surface area contributed by atoms with Gasteiger partial charge in [0.2, 0.25) is 0 Å². The molecular weight excluding hydrogens is 404 g/mol. The zero-order valence-electron chi connectivity index (χ0n) is 16.7. The molecule has 0 radical (unpaired) electrons. The molecule has 0 N–H and O–H groups in total. The molecule has 0 bridgehead atoms. The molecule has 0 aliphatic carbocycles. The molecule has 0 unspecified atom stereocenters. The highest BCUT2D eigenvalue weighted by molar-refractivity contribution is 7.22. The van der Waals surface area contributed by atoms with E-state index in [1.54, 1.807) is 49.6 Å². The molecule has 8 heteroatoms. The number of hydrogen-bond acceptors (Lipinski definition) is 7. The van der Waals surface area contributed by atoms with Crippen LogP contribution in [-0.2, 0) is 6.54 Å². The molecule has 0 fully saturated rings. The predicted molar refractivity (Wildman–Crippen MR) is 115 cm³/mol. The normalized spacial score (nSPS) is 10.8. The molecule has 2 aromatic carbocycles. The number of anilines is 1. The van der Waals surface area contributed by atoms with Crippen LogP contribution < -0.4 is 19.1 Å². The Bertz CT molecular complexity index is 1170. The fourth-order valence-electron chi connectivity index (χ4n) is 3.10. The Morgan fingerprint density at radius 1 is 1.00 bits per heavy atom. The van der Waals surface area contributed by atoms with Gasteiger partial charge in [-0.3, -0.25) is 9.69 Å². The summed E-state index contributed by atoms with van der Waals surface area (Å²) in [6.07, 6.45) is 1.58. The average molecular weight is 424 g/mol. The third kappa shape index (κ3) is 3.69. The molecule has 0 aliphatic heterocycles. The number of amides is 1. The third-order valence-corrected chi connectivity index (χ3v) is 5.63. The molecule has 154 valence electrons. The van der Waals surface area contributed by atoms with Crippen molar-refractivity contribution in [1.82, 2.24) is 4.98 Å². The van der Waals surface area contributed by atoms with E-state index in [1.807, 2.05) is 24.3 Å². The third-order valence-electron chi connectivity index (χ3n) is 4.59. The van der Waals surface area contributed by atoms with Crippen LogP contribution >= 0.6 is 11.3 Å². The van der Waals surface area contributed by atoms with Crippen LogP contribution in [0.25, 0.3) is 10.2 Å². The van der Waals surface area contributed by atoms with E-state index in [4.69, 9.17) is 18.6 Å². The van der Waals surface area contributed by atoms with Gasteiger partial charge in [0.05, 0.1) is 38.8 Å². The highest BCUT2D eigenvalue weighted by atomic mass is 32.1. The lowest BCUT2D eigenvalue weighted by atomic mass is 10.1. The predicted octanol–water partition coefficient (Wildman–Crippen LogP) is 4.76. The van der Waals surface area contributed by atoms with Crippen LogP contribution in [0, 0.1) is 0 Å². The summed E-state index contributed by atoms with van der Waals surface area (Å²) in [6.45, 7) is 0.238. The summed E-state index contributed by atoms with van der Waals surface area (Å²) in [6, 6.07) is 14.4. The Balaban J connectivity index is 1.78. The first-order valence-electron chi connectivity index (χ1n) is 9.14. The van der Waals surface area contributed by atoms with Crippen LogP contribution in [0.4, 0.5) is 5.13 Å². The van der Waals surface area contributed by atoms with Crippen molar-refractivity contribution in [3.05, 3.63) is 66.1 Å². The molecular formula is C22H20N2O5S. The molecule has 7 nitrogen and oxygen atoms in total.